The Labute approximate surface area is 107 Å². The summed E-state index contributed by atoms with van der Waals surface area (Å²) in [7, 11) is 0. The van der Waals surface area contributed by atoms with Gasteiger partial charge in [0.2, 0.25) is 0 Å². The number of nitrogens with zero attached hydrogens (tertiary/aromatic N) is 3. The Morgan fingerprint density at radius 1 is 1.56 bits per heavy atom. The van der Waals surface area contributed by atoms with E-state index in [1.807, 2.05) is 0 Å². The van der Waals surface area contributed by atoms with Crippen LogP contribution in [0.1, 0.15) is 29.1 Å². The van der Waals surface area contributed by atoms with Crippen molar-refractivity contribution in [2.24, 2.45) is 0 Å². The summed E-state index contributed by atoms with van der Waals surface area (Å²) in [6.07, 6.45) is 0. The van der Waals surface area contributed by atoms with Crippen LogP contribution in [0.15, 0.2) is 18.2 Å². The number of benzene rings is 1. The molecule has 94 valence electrons. The Morgan fingerprint density at radius 2 is 2.33 bits per heavy atom. The number of amides is 1. The van der Waals surface area contributed by atoms with Gasteiger partial charge in [-0.1, -0.05) is 16.8 Å². The van der Waals surface area contributed by atoms with E-state index in [0.29, 0.717) is 5.82 Å². The molecule has 2 rings (SSSR count). The quantitative estimate of drug-likeness (QED) is 0.884. The number of H-pyrrole nitrogens is 1. The zero-order chi connectivity index (χ0) is 13.1. The summed E-state index contributed by atoms with van der Waals surface area (Å²) < 4.78 is 13.2. The lowest BCUT2D eigenvalue weighted by molar-refractivity contribution is 0.0938. The predicted octanol–water partition coefficient (Wildman–Crippen LogP) is 1.48. The van der Waals surface area contributed by atoms with E-state index in [2.05, 4.69) is 25.9 Å². The van der Waals surface area contributed by atoms with Crippen LogP contribution in [-0.4, -0.2) is 26.5 Å². The first-order chi connectivity index (χ1) is 8.58. The van der Waals surface area contributed by atoms with Gasteiger partial charge in [-0.3, -0.25) is 4.79 Å². The Bertz CT molecular complexity index is 559. The third-order valence-electron chi connectivity index (χ3n) is 2.28. The van der Waals surface area contributed by atoms with Crippen molar-refractivity contribution >= 4 is 17.5 Å². The molecule has 0 aliphatic heterocycles. The third kappa shape index (κ3) is 2.62. The van der Waals surface area contributed by atoms with Crippen LogP contribution >= 0.6 is 11.6 Å². The van der Waals surface area contributed by atoms with Gasteiger partial charge < -0.3 is 5.32 Å². The molecule has 0 radical (unpaired) electrons. The molecule has 0 aliphatic carbocycles. The van der Waals surface area contributed by atoms with E-state index in [0.717, 1.165) is 6.07 Å². The first kappa shape index (κ1) is 12.4. The van der Waals surface area contributed by atoms with Crippen molar-refractivity contribution in [3.8, 4) is 0 Å². The lowest BCUT2D eigenvalue weighted by Gasteiger charge is -2.10. The van der Waals surface area contributed by atoms with Crippen molar-refractivity contribution in [3.05, 3.63) is 40.4 Å². The summed E-state index contributed by atoms with van der Waals surface area (Å²) in [5.74, 6) is -0.739. The van der Waals surface area contributed by atoms with E-state index < -0.39 is 17.8 Å². The second-order valence-corrected chi connectivity index (χ2v) is 4.00. The molecule has 2 N–H and O–H groups in total. The summed E-state index contributed by atoms with van der Waals surface area (Å²) in [5, 5.41) is 15.7. The Balaban J connectivity index is 2.10. The number of aromatic amines is 1. The molecule has 8 heteroatoms. The minimum atomic E-state index is -0.642. The predicted molar refractivity (Wildman–Crippen MR) is 61.5 cm³/mol. The van der Waals surface area contributed by atoms with Crippen molar-refractivity contribution < 1.29 is 9.18 Å². The molecule has 1 amide bonds. The van der Waals surface area contributed by atoms with Gasteiger partial charge in [0, 0.05) is 5.56 Å². The number of aromatic nitrogens is 4. The first-order valence-corrected chi connectivity index (χ1v) is 5.45. The monoisotopic (exact) mass is 269 g/mol. The zero-order valence-corrected chi connectivity index (χ0v) is 10.1. The largest absolute Gasteiger partial charge is 0.342 e. The second kappa shape index (κ2) is 5.09. The van der Waals surface area contributed by atoms with Gasteiger partial charge in [-0.15, -0.1) is 10.2 Å². The van der Waals surface area contributed by atoms with Crippen LogP contribution in [0.2, 0.25) is 5.02 Å². The van der Waals surface area contributed by atoms with E-state index in [1.165, 1.54) is 12.1 Å². The van der Waals surface area contributed by atoms with Crippen molar-refractivity contribution in [2.75, 3.05) is 0 Å². The Morgan fingerprint density at radius 3 is 2.94 bits per heavy atom. The van der Waals surface area contributed by atoms with Crippen LogP contribution in [0.3, 0.4) is 0 Å². The lowest BCUT2D eigenvalue weighted by atomic mass is 10.2. The highest BCUT2D eigenvalue weighted by molar-refractivity contribution is 6.30. The van der Waals surface area contributed by atoms with Crippen molar-refractivity contribution in [3.63, 3.8) is 0 Å². The maximum atomic E-state index is 13.2. The fourth-order valence-electron chi connectivity index (χ4n) is 1.33. The SMILES string of the molecule is CC(NC(=O)c1ccc(Cl)c(F)c1)c1nn[nH]n1. The van der Waals surface area contributed by atoms with Crippen LogP contribution in [-0.2, 0) is 0 Å². The molecule has 0 fully saturated rings. The standard InChI is InChI=1S/C10H9ClFN5O/c1-5(9-14-16-17-15-9)13-10(18)6-2-3-7(11)8(12)4-6/h2-5H,1H3,(H,13,18)(H,14,15,16,17). The average molecular weight is 270 g/mol. The smallest absolute Gasteiger partial charge is 0.251 e. The minimum absolute atomic E-state index is 0.0298. The van der Waals surface area contributed by atoms with Gasteiger partial charge in [-0.05, 0) is 25.1 Å². The molecule has 0 bridgehead atoms. The van der Waals surface area contributed by atoms with E-state index in [-0.39, 0.29) is 10.6 Å². The summed E-state index contributed by atoms with van der Waals surface area (Å²) in [6.45, 7) is 1.69. The molecule has 6 nitrogen and oxygen atoms in total. The van der Waals surface area contributed by atoms with Crippen molar-refractivity contribution in [1.29, 1.82) is 0 Å². The maximum absolute atomic E-state index is 13.2. The highest BCUT2D eigenvalue weighted by Crippen LogP contribution is 2.16. The molecule has 1 heterocycles. The maximum Gasteiger partial charge on any atom is 0.251 e. The third-order valence-corrected chi connectivity index (χ3v) is 2.58. The molecule has 1 aromatic heterocycles. The zero-order valence-electron chi connectivity index (χ0n) is 9.32. The van der Waals surface area contributed by atoms with Crippen LogP contribution in [0.5, 0.6) is 0 Å². The van der Waals surface area contributed by atoms with Gasteiger partial charge >= 0.3 is 0 Å². The molecule has 1 atom stereocenters. The number of tetrazole rings is 1. The van der Waals surface area contributed by atoms with Gasteiger partial charge in [-0.25, -0.2) is 4.39 Å². The van der Waals surface area contributed by atoms with Crippen LogP contribution in [0, 0.1) is 5.82 Å². The Kier molecular flexibility index (Phi) is 3.52. The number of carbonyl (C=O) groups excluding carboxylic acids is 1. The van der Waals surface area contributed by atoms with Crippen LogP contribution in [0.25, 0.3) is 0 Å². The number of hydrogen-bond acceptors (Lipinski definition) is 4. The fourth-order valence-corrected chi connectivity index (χ4v) is 1.45. The summed E-state index contributed by atoms with van der Waals surface area (Å²) >= 11 is 5.53. The van der Waals surface area contributed by atoms with Crippen LogP contribution < -0.4 is 5.32 Å². The summed E-state index contributed by atoms with van der Waals surface area (Å²) in [4.78, 5) is 11.8. The molecular weight excluding hydrogens is 261 g/mol. The van der Waals surface area contributed by atoms with E-state index in [4.69, 9.17) is 11.6 Å². The molecule has 0 spiro atoms. The molecular formula is C10H9ClFN5O. The molecule has 18 heavy (non-hydrogen) atoms. The highest BCUT2D eigenvalue weighted by atomic mass is 35.5. The van der Waals surface area contributed by atoms with E-state index >= 15 is 0 Å². The summed E-state index contributed by atoms with van der Waals surface area (Å²) in [5.41, 5.74) is 0.173. The summed E-state index contributed by atoms with van der Waals surface area (Å²) in [6, 6.07) is 3.39. The van der Waals surface area contributed by atoms with E-state index in [1.54, 1.807) is 6.92 Å². The molecule has 2 aromatic rings. The number of halogens is 2. The topological polar surface area (TPSA) is 83.6 Å². The Hall–Kier alpha value is -2.02. The molecule has 1 aromatic carbocycles. The first-order valence-electron chi connectivity index (χ1n) is 5.07. The van der Waals surface area contributed by atoms with Gasteiger partial charge in [0.25, 0.3) is 5.91 Å². The van der Waals surface area contributed by atoms with Crippen molar-refractivity contribution in [2.45, 2.75) is 13.0 Å². The number of rotatable bonds is 3. The van der Waals surface area contributed by atoms with Crippen molar-refractivity contribution in [1.82, 2.24) is 25.9 Å². The van der Waals surface area contributed by atoms with Gasteiger partial charge in [0.15, 0.2) is 5.82 Å². The second-order valence-electron chi connectivity index (χ2n) is 3.59. The molecule has 0 saturated heterocycles. The molecule has 0 saturated carbocycles. The van der Waals surface area contributed by atoms with Gasteiger partial charge in [0.05, 0.1) is 11.1 Å². The average Bonchev–Trinajstić information content (AvgIpc) is 2.86. The molecule has 0 aliphatic rings. The van der Waals surface area contributed by atoms with Crippen LogP contribution in [0.4, 0.5) is 4.39 Å². The molecule has 1 unspecified atom stereocenters. The number of hydrogen-bond donors (Lipinski definition) is 2. The lowest BCUT2D eigenvalue weighted by Crippen LogP contribution is -2.27. The number of nitrogens with one attached hydrogen (secondary N) is 2. The minimum Gasteiger partial charge on any atom is -0.342 e. The normalized spacial score (nSPS) is 12.2. The highest BCUT2D eigenvalue weighted by Gasteiger charge is 2.15. The fraction of sp³-hybridized carbons (Fsp3) is 0.200. The van der Waals surface area contributed by atoms with Gasteiger partial charge in [0.1, 0.15) is 5.82 Å². The van der Waals surface area contributed by atoms with E-state index in [9.17, 15) is 9.18 Å². The van der Waals surface area contributed by atoms with Gasteiger partial charge in [-0.2, -0.15) is 5.21 Å². The number of carbonyl (C=O) groups is 1.